The van der Waals surface area contributed by atoms with Crippen LogP contribution in [0.25, 0.3) is 0 Å². The second kappa shape index (κ2) is 7.90. The van der Waals surface area contributed by atoms with E-state index in [0.717, 1.165) is 0 Å². The maximum atomic E-state index is 12.1. The quantitative estimate of drug-likeness (QED) is 0.589. The first-order valence-corrected chi connectivity index (χ1v) is 8.48. The summed E-state index contributed by atoms with van der Waals surface area (Å²) in [5.74, 6) is -3.49. The van der Waals surface area contributed by atoms with E-state index in [1.807, 2.05) is 0 Å². The lowest BCUT2D eigenvalue weighted by molar-refractivity contribution is -0.142. The highest BCUT2D eigenvalue weighted by Gasteiger charge is 2.29. The minimum absolute atomic E-state index is 0.0686. The minimum atomic E-state index is -3.64. The van der Waals surface area contributed by atoms with Gasteiger partial charge in [0, 0.05) is 30.6 Å². The fourth-order valence-corrected chi connectivity index (χ4v) is 3.65. The highest BCUT2D eigenvalue weighted by atomic mass is 31.2. The topological polar surface area (TPSA) is 125 Å². The van der Waals surface area contributed by atoms with Crippen LogP contribution in [-0.4, -0.2) is 44.4 Å². The third-order valence-electron chi connectivity index (χ3n) is 3.01. The van der Waals surface area contributed by atoms with E-state index in [0.29, 0.717) is 5.69 Å². The Bertz CT molecular complexity index is 533. The molecule has 0 aromatic carbocycles. The van der Waals surface area contributed by atoms with Crippen LogP contribution in [0.5, 0.6) is 0 Å². The molecular formula is C13H18NO6P. The molecule has 0 saturated heterocycles. The number of nitrogens with zero attached hydrogens (tertiary/aromatic N) is 1. The molecule has 2 unspecified atom stereocenters. The van der Waals surface area contributed by atoms with Crippen LogP contribution in [0.3, 0.4) is 0 Å². The Kier molecular flexibility index (Phi) is 6.52. The zero-order chi connectivity index (χ0) is 15.9. The zero-order valence-corrected chi connectivity index (χ0v) is 12.3. The average molecular weight is 315 g/mol. The Labute approximate surface area is 122 Å². The largest absolute Gasteiger partial charge is 0.481 e. The first-order chi connectivity index (χ1) is 9.80. The number of hydrogen-bond donors (Lipinski definition) is 3. The molecule has 0 radical (unpaired) electrons. The summed E-state index contributed by atoms with van der Waals surface area (Å²) in [6.45, 7) is 0. The van der Waals surface area contributed by atoms with Gasteiger partial charge in [0.1, 0.15) is 0 Å². The molecule has 0 aliphatic rings. The van der Waals surface area contributed by atoms with Crippen molar-refractivity contribution in [1.82, 2.24) is 4.98 Å². The van der Waals surface area contributed by atoms with E-state index in [2.05, 4.69) is 4.98 Å². The summed E-state index contributed by atoms with van der Waals surface area (Å²) in [7, 11) is -3.64. The molecule has 21 heavy (non-hydrogen) atoms. The smallest absolute Gasteiger partial charge is 0.307 e. The van der Waals surface area contributed by atoms with E-state index in [9.17, 15) is 19.0 Å². The van der Waals surface area contributed by atoms with Crippen molar-refractivity contribution in [2.75, 3.05) is 12.3 Å². The lowest BCUT2D eigenvalue weighted by atomic mass is 10.1. The van der Waals surface area contributed by atoms with Crippen LogP contribution >= 0.6 is 7.37 Å². The molecule has 1 aromatic heterocycles. The predicted octanol–water partition coefficient (Wildman–Crippen LogP) is 1.46. The van der Waals surface area contributed by atoms with Gasteiger partial charge in [-0.25, -0.2) is 0 Å². The van der Waals surface area contributed by atoms with E-state index >= 15 is 0 Å². The number of carboxylic acids is 2. The second-order valence-electron chi connectivity index (χ2n) is 4.79. The Morgan fingerprint density at radius 2 is 2.00 bits per heavy atom. The molecule has 0 bridgehead atoms. The predicted molar refractivity (Wildman–Crippen MR) is 75.5 cm³/mol. The Morgan fingerprint density at radius 1 is 1.29 bits per heavy atom. The van der Waals surface area contributed by atoms with Gasteiger partial charge in [0.2, 0.25) is 7.37 Å². The van der Waals surface area contributed by atoms with Crippen LogP contribution in [0.15, 0.2) is 24.4 Å². The second-order valence-corrected chi connectivity index (χ2v) is 7.30. The van der Waals surface area contributed by atoms with Gasteiger partial charge in [-0.2, -0.15) is 0 Å². The summed E-state index contributed by atoms with van der Waals surface area (Å²) in [5.41, 5.74) is 0.657. The fraction of sp³-hybridized carbons (Fsp3) is 0.462. The fourth-order valence-electron chi connectivity index (χ4n) is 1.86. The number of aromatic nitrogens is 1. The molecule has 116 valence electrons. The van der Waals surface area contributed by atoms with Crippen LogP contribution < -0.4 is 0 Å². The van der Waals surface area contributed by atoms with Crippen LogP contribution in [0.2, 0.25) is 0 Å². The van der Waals surface area contributed by atoms with Crippen molar-refractivity contribution in [3.63, 3.8) is 0 Å². The third kappa shape index (κ3) is 7.02. The number of aliphatic carboxylic acids is 2. The normalized spacial score (nSPS) is 15.1. The van der Waals surface area contributed by atoms with Crippen molar-refractivity contribution < 1.29 is 29.3 Å². The number of rotatable bonds is 9. The van der Waals surface area contributed by atoms with E-state index < -0.39 is 31.4 Å². The zero-order valence-electron chi connectivity index (χ0n) is 11.4. The van der Waals surface area contributed by atoms with Crippen LogP contribution in [-0.2, 0) is 20.6 Å². The van der Waals surface area contributed by atoms with Gasteiger partial charge >= 0.3 is 11.9 Å². The van der Waals surface area contributed by atoms with Gasteiger partial charge < -0.3 is 15.1 Å². The van der Waals surface area contributed by atoms with Gasteiger partial charge in [0.15, 0.2) is 0 Å². The van der Waals surface area contributed by atoms with Crippen molar-refractivity contribution >= 4 is 19.3 Å². The molecule has 0 saturated carbocycles. The lowest BCUT2D eigenvalue weighted by Gasteiger charge is -2.16. The van der Waals surface area contributed by atoms with Crippen LogP contribution in [0.4, 0.5) is 0 Å². The maximum Gasteiger partial charge on any atom is 0.307 e. The summed E-state index contributed by atoms with van der Waals surface area (Å²) in [6.07, 6.45) is 0.879. The summed E-state index contributed by atoms with van der Waals surface area (Å²) in [6, 6.07) is 5.21. The Hall–Kier alpha value is -1.72. The molecule has 1 rings (SSSR count). The summed E-state index contributed by atoms with van der Waals surface area (Å²) >= 11 is 0. The van der Waals surface area contributed by atoms with E-state index in [1.165, 1.54) is 0 Å². The highest BCUT2D eigenvalue weighted by molar-refractivity contribution is 7.58. The van der Waals surface area contributed by atoms with Gasteiger partial charge in [-0.15, -0.1) is 0 Å². The van der Waals surface area contributed by atoms with Gasteiger partial charge in [0.25, 0.3) is 0 Å². The number of hydrogen-bond acceptors (Lipinski definition) is 4. The third-order valence-corrected chi connectivity index (χ3v) is 4.94. The van der Waals surface area contributed by atoms with Crippen molar-refractivity contribution in [3.8, 4) is 0 Å². The Balaban J connectivity index is 2.57. The minimum Gasteiger partial charge on any atom is -0.481 e. The molecule has 1 heterocycles. The Morgan fingerprint density at radius 3 is 2.52 bits per heavy atom. The van der Waals surface area contributed by atoms with Crippen molar-refractivity contribution in [3.05, 3.63) is 30.1 Å². The molecule has 0 aliphatic carbocycles. The molecular weight excluding hydrogens is 297 g/mol. The molecule has 0 spiro atoms. The lowest BCUT2D eigenvalue weighted by Crippen LogP contribution is -2.20. The van der Waals surface area contributed by atoms with Gasteiger partial charge in [0.05, 0.1) is 5.92 Å². The molecule has 3 N–H and O–H groups in total. The SMILES string of the molecule is O=C(O)CCC(CP(=O)(O)CCc1ccccn1)C(=O)O. The summed E-state index contributed by atoms with van der Waals surface area (Å²) in [4.78, 5) is 35.4. The molecule has 0 aliphatic heterocycles. The molecule has 0 fully saturated rings. The number of aryl methyl sites for hydroxylation is 1. The van der Waals surface area contributed by atoms with E-state index in [4.69, 9.17) is 10.2 Å². The van der Waals surface area contributed by atoms with Crippen molar-refractivity contribution in [1.29, 1.82) is 0 Å². The monoisotopic (exact) mass is 315 g/mol. The van der Waals surface area contributed by atoms with Crippen LogP contribution in [0.1, 0.15) is 18.5 Å². The molecule has 0 amide bonds. The first kappa shape index (κ1) is 17.3. The van der Waals surface area contributed by atoms with Gasteiger partial charge in [-0.3, -0.25) is 19.1 Å². The molecule has 1 aromatic rings. The molecule has 8 heteroatoms. The summed E-state index contributed by atoms with van der Waals surface area (Å²) in [5, 5.41) is 17.6. The summed E-state index contributed by atoms with van der Waals surface area (Å²) < 4.78 is 12.1. The first-order valence-electron chi connectivity index (χ1n) is 6.45. The number of carboxylic acid groups (broad SMARTS) is 2. The van der Waals surface area contributed by atoms with E-state index in [1.54, 1.807) is 24.4 Å². The molecule has 7 nitrogen and oxygen atoms in total. The van der Waals surface area contributed by atoms with Gasteiger partial charge in [-0.1, -0.05) is 6.07 Å². The standard InChI is InChI=1S/C13H18NO6P/c15-12(16)5-4-10(13(17)18)9-21(19,20)8-6-11-3-1-2-7-14-11/h1-3,7,10H,4-6,8-9H2,(H,15,16)(H,17,18)(H,19,20). The van der Waals surface area contributed by atoms with E-state index in [-0.39, 0.29) is 25.4 Å². The highest BCUT2D eigenvalue weighted by Crippen LogP contribution is 2.43. The van der Waals surface area contributed by atoms with Crippen LogP contribution in [0, 0.1) is 5.92 Å². The molecule has 2 atom stereocenters. The maximum absolute atomic E-state index is 12.1. The van der Waals surface area contributed by atoms with Crippen molar-refractivity contribution in [2.45, 2.75) is 19.3 Å². The number of carbonyl (C=O) groups is 2. The average Bonchev–Trinajstić information content (AvgIpc) is 2.42. The number of pyridine rings is 1. The van der Waals surface area contributed by atoms with Gasteiger partial charge in [-0.05, 0) is 25.0 Å². The van der Waals surface area contributed by atoms with Crippen molar-refractivity contribution in [2.24, 2.45) is 5.92 Å².